The topological polar surface area (TPSA) is 69.0 Å². The molecule has 6 nitrogen and oxygen atoms in total. The Bertz CT molecular complexity index is 1550. The highest BCUT2D eigenvalue weighted by molar-refractivity contribution is 7.11. The number of hydrogen-bond donors (Lipinski definition) is 1. The van der Waals surface area contributed by atoms with Crippen LogP contribution in [-0.4, -0.2) is 20.6 Å². The summed E-state index contributed by atoms with van der Waals surface area (Å²) in [6, 6.07) is 14.6. The zero-order chi connectivity index (χ0) is 25.9. The molecule has 5 rings (SSSR count). The number of carbonyl (C=O) groups excluding carboxylic acids is 1. The van der Waals surface area contributed by atoms with Crippen LogP contribution in [0.25, 0.3) is 10.9 Å². The van der Waals surface area contributed by atoms with Crippen LogP contribution in [0.5, 0.6) is 10.9 Å². The highest BCUT2D eigenvalue weighted by Gasteiger charge is 2.24. The van der Waals surface area contributed by atoms with Crippen LogP contribution in [-0.2, 0) is 13.0 Å². The van der Waals surface area contributed by atoms with Crippen molar-refractivity contribution in [2.75, 3.05) is 0 Å². The molecule has 0 aliphatic heterocycles. The molecular formula is C28H24F2N4O2S. The lowest BCUT2D eigenvalue weighted by Gasteiger charge is -2.15. The van der Waals surface area contributed by atoms with E-state index < -0.39 is 11.6 Å². The Morgan fingerprint density at radius 3 is 2.62 bits per heavy atom. The lowest BCUT2D eigenvalue weighted by Crippen LogP contribution is -2.29. The van der Waals surface area contributed by atoms with Gasteiger partial charge in [0, 0.05) is 53.6 Å². The van der Waals surface area contributed by atoms with E-state index in [1.54, 1.807) is 17.0 Å². The van der Waals surface area contributed by atoms with Gasteiger partial charge in [-0.15, -0.1) is 0 Å². The summed E-state index contributed by atoms with van der Waals surface area (Å²) < 4.78 is 34.6. The molecular weight excluding hydrogens is 494 g/mol. The molecule has 0 spiro atoms. The Kier molecular flexibility index (Phi) is 6.96. The van der Waals surface area contributed by atoms with Crippen molar-refractivity contribution in [1.82, 2.24) is 19.9 Å². The third kappa shape index (κ3) is 5.22. The highest BCUT2D eigenvalue weighted by atomic mass is 32.1. The molecule has 3 aromatic heterocycles. The quantitative estimate of drug-likeness (QED) is 0.251. The first-order valence-electron chi connectivity index (χ1n) is 11.8. The van der Waals surface area contributed by atoms with Gasteiger partial charge in [-0.25, -0.2) is 18.6 Å². The van der Waals surface area contributed by atoms with Crippen LogP contribution >= 0.6 is 11.3 Å². The molecule has 9 heteroatoms. The van der Waals surface area contributed by atoms with Crippen molar-refractivity contribution < 1.29 is 18.3 Å². The fourth-order valence-electron chi connectivity index (χ4n) is 4.38. The van der Waals surface area contributed by atoms with E-state index in [2.05, 4.69) is 15.3 Å². The minimum atomic E-state index is -0.956. The molecule has 0 fully saturated rings. The number of ether oxygens (including phenoxy) is 1. The van der Waals surface area contributed by atoms with Crippen LogP contribution < -0.4 is 10.1 Å². The number of amides is 1. The second-order valence-corrected chi connectivity index (χ2v) is 9.70. The van der Waals surface area contributed by atoms with Gasteiger partial charge in [0.25, 0.3) is 5.19 Å². The van der Waals surface area contributed by atoms with Gasteiger partial charge in [0.2, 0.25) is 0 Å². The van der Waals surface area contributed by atoms with Crippen LogP contribution in [0.1, 0.15) is 42.3 Å². The van der Waals surface area contributed by atoms with E-state index in [0.717, 1.165) is 34.5 Å². The monoisotopic (exact) mass is 518 g/mol. The molecule has 0 atom stereocenters. The second-order valence-electron chi connectivity index (χ2n) is 8.84. The van der Waals surface area contributed by atoms with Gasteiger partial charge in [-0.3, -0.25) is 9.55 Å². The molecule has 1 amide bonds. The summed E-state index contributed by atoms with van der Waals surface area (Å²) in [6.45, 7) is 4.10. The maximum atomic E-state index is 13.7. The third-order valence-electron chi connectivity index (χ3n) is 5.96. The van der Waals surface area contributed by atoms with Gasteiger partial charge in [-0.1, -0.05) is 37.3 Å². The zero-order valence-corrected chi connectivity index (χ0v) is 21.1. The second kappa shape index (κ2) is 10.5. The van der Waals surface area contributed by atoms with Crippen molar-refractivity contribution in [2.45, 2.75) is 32.7 Å². The number of carbonyl (C=O) groups is 1. The van der Waals surface area contributed by atoms with Crippen LogP contribution in [0.4, 0.5) is 13.6 Å². The van der Waals surface area contributed by atoms with Crippen LogP contribution in [0.2, 0.25) is 0 Å². The van der Waals surface area contributed by atoms with Crippen molar-refractivity contribution in [2.24, 2.45) is 0 Å². The summed E-state index contributed by atoms with van der Waals surface area (Å²) in [5, 5.41) is 6.09. The number of pyridine rings is 1. The number of nitrogens with zero attached hydrogens (tertiary/aromatic N) is 3. The number of thiazole rings is 1. The third-order valence-corrected chi connectivity index (χ3v) is 6.61. The first kappa shape index (κ1) is 24.6. The SMILES string of the molecule is CC(C)c1c(Cc2ccccn2)c2ccc(Oc3nccs3)cc2n1C(=O)NCc1ccc(F)c(F)c1. The standard InChI is InChI=1S/C28H24F2N4O2S/c1-17(2)26-22(14-19-5-3-4-10-31-19)21-8-7-20(36-28-32-11-12-37-28)15-25(21)34(26)27(35)33-16-18-6-9-23(29)24(30)13-18/h3-13,15,17H,14,16H2,1-2H3,(H,33,35). The molecule has 0 bridgehead atoms. The average Bonchev–Trinajstić information content (AvgIpc) is 3.51. The molecule has 0 saturated heterocycles. The van der Waals surface area contributed by atoms with E-state index in [9.17, 15) is 13.6 Å². The van der Waals surface area contributed by atoms with Crippen molar-refractivity contribution in [3.05, 3.63) is 107 Å². The Hall–Kier alpha value is -4.11. The first-order valence-corrected chi connectivity index (χ1v) is 12.6. The molecule has 1 N–H and O–H groups in total. The Labute approximate surface area is 216 Å². The molecule has 0 saturated carbocycles. The largest absolute Gasteiger partial charge is 0.431 e. The maximum Gasteiger partial charge on any atom is 0.326 e. The molecule has 0 aliphatic rings. The van der Waals surface area contributed by atoms with E-state index in [1.807, 2.05) is 55.6 Å². The van der Waals surface area contributed by atoms with Crippen LogP contribution in [0.3, 0.4) is 0 Å². The molecule has 0 unspecified atom stereocenters. The number of rotatable bonds is 7. The molecule has 0 aliphatic carbocycles. The fourth-order valence-corrected chi connectivity index (χ4v) is 4.88. The van der Waals surface area contributed by atoms with Gasteiger partial charge in [0.05, 0.1) is 5.52 Å². The summed E-state index contributed by atoms with van der Waals surface area (Å²) in [6.07, 6.45) is 3.95. The van der Waals surface area contributed by atoms with E-state index in [1.165, 1.54) is 17.4 Å². The predicted octanol–water partition coefficient (Wildman–Crippen LogP) is 7.04. The lowest BCUT2D eigenvalue weighted by molar-refractivity contribution is 0.242. The number of nitrogens with one attached hydrogen (secondary N) is 1. The number of benzene rings is 2. The molecule has 0 radical (unpaired) electrons. The number of hydrogen-bond acceptors (Lipinski definition) is 5. The Morgan fingerprint density at radius 2 is 1.92 bits per heavy atom. The van der Waals surface area contributed by atoms with Crippen molar-refractivity contribution in [1.29, 1.82) is 0 Å². The van der Waals surface area contributed by atoms with Crippen LogP contribution in [0.15, 0.2) is 72.4 Å². The van der Waals surface area contributed by atoms with E-state index in [-0.39, 0.29) is 18.5 Å². The summed E-state index contributed by atoms with van der Waals surface area (Å²) >= 11 is 1.37. The fraction of sp³-hybridized carbons (Fsp3) is 0.179. The normalized spacial score (nSPS) is 11.3. The molecule has 2 aromatic carbocycles. The maximum absolute atomic E-state index is 13.7. The van der Waals surface area contributed by atoms with Crippen molar-refractivity contribution >= 4 is 28.3 Å². The van der Waals surface area contributed by atoms with E-state index in [4.69, 9.17) is 4.74 Å². The highest BCUT2D eigenvalue weighted by Crippen LogP contribution is 2.36. The Morgan fingerprint density at radius 1 is 1.05 bits per heavy atom. The molecule has 3 heterocycles. The minimum Gasteiger partial charge on any atom is -0.431 e. The summed E-state index contributed by atoms with van der Waals surface area (Å²) in [7, 11) is 0. The van der Waals surface area contributed by atoms with Gasteiger partial charge >= 0.3 is 6.03 Å². The number of halogens is 2. The van der Waals surface area contributed by atoms with Gasteiger partial charge < -0.3 is 10.1 Å². The van der Waals surface area contributed by atoms with E-state index in [0.29, 0.717) is 28.4 Å². The van der Waals surface area contributed by atoms with E-state index >= 15 is 0 Å². The molecule has 5 aromatic rings. The summed E-state index contributed by atoms with van der Waals surface area (Å²) in [5.41, 5.74) is 3.85. The average molecular weight is 519 g/mol. The number of fused-ring (bicyclic) bond motifs is 1. The number of aromatic nitrogens is 3. The first-order chi connectivity index (χ1) is 17.9. The predicted molar refractivity (Wildman–Crippen MR) is 139 cm³/mol. The van der Waals surface area contributed by atoms with Gasteiger partial charge in [-0.05, 0) is 53.4 Å². The summed E-state index contributed by atoms with van der Waals surface area (Å²) in [5.74, 6) is -1.33. The van der Waals surface area contributed by atoms with Gasteiger partial charge in [0.1, 0.15) is 5.75 Å². The van der Waals surface area contributed by atoms with Crippen molar-refractivity contribution in [3.63, 3.8) is 0 Å². The van der Waals surface area contributed by atoms with Gasteiger partial charge in [-0.2, -0.15) is 0 Å². The Balaban J connectivity index is 1.58. The zero-order valence-electron chi connectivity index (χ0n) is 20.2. The molecule has 188 valence electrons. The van der Waals surface area contributed by atoms with Crippen molar-refractivity contribution in [3.8, 4) is 10.9 Å². The van der Waals surface area contributed by atoms with Gasteiger partial charge in [0.15, 0.2) is 11.6 Å². The lowest BCUT2D eigenvalue weighted by atomic mass is 9.99. The smallest absolute Gasteiger partial charge is 0.326 e. The molecule has 37 heavy (non-hydrogen) atoms. The minimum absolute atomic E-state index is 0.00320. The van der Waals surface area contributed by atoms with Crippen LogP contribution in [0, 0.1) is 11.6 Å². The summed E-state index contributed by atoms with van der Waals surface area (Å²) in [4.78, 5) is 22.3.